The maximum Gasteiger partial charge on any atom is 0.263 e. The Morgan fingerprint density at radius 3 is 2.86 bits per heavy atom. The number of nitrogens with two attached hydrogens (primary N) is 1. The van der Waals surface area contributed by atoms with E-state index in [0.29, 0.717) is 10.6 Å². The molecule has 112 valence electrons. The molecule has 3 heterocycles. The number of aromatic nitrogens is 2. The lowest BCUT2D eigenvalue weighted by Gasteiger charge is -2.12. The SMILES string of the molecule is Cc1nnc2sc(C(=O)NC3CCN(C)C3)c(N)c2c1C. The zero-order valence-corrected chi connectivity index (χ0v) is 13.3. The number of rotatable bonds is 2. The predicted molar refractivity (Wildman–Crippen MR) is 84.7 cm³/mol. The minimum atomic E-state index is -0.104. The van der Waals surface area contributed by atoms with Gasteiger partial charge in [-0.15, -0.1) is 16.4 Å². The Morgan fingerprint density at radius 1 is 1.43 bits per heavy atom. The van der Waals surface area contributed by atoms with Crippen LogP contribution < -0.4 is 11.1 Å². The van der Waals surface area contributed by atoms with Gasteiger partial charge in [-0.25, -0.2) is 0 Å². The van der Waals surface area contributed by atoms with E-state index in [-0.39, 0.29) is 11.9 Å². The molecule has 1 saturated heterocycles. The Kier molecular flexibility index (Phi) is 3.54. The Hall–Kier alpha value is -1.73. The molecule has 0 radical (unpaired) electrons. The van der Waals surface area contributed by atoms with E-state index in [4.69, 9.17) is 5.73 Å². The van der Waals surface area contributed by atoms with Crippen molar-refractivity contribution in [1.82, 2.24) is 20.4 Å². The first-order valence-electron chi connectivity index (χ1n) is 6.98. The number of hydrogen-bond acceptors (Lipinski definition) is 6. The summed E-state index contributed by atoms with van der Waals surface area (Å²) in [5.74, 6) is -0.104. The fourth-order valence-electron chi connectivity index (χ4n) is 2.71. The number of likely N-dealkylation sites (tertiary alicyclic amines) is 1. The molecule has 3 rings (SSSR count). The summed E-state index contributed by atoms with van der Waals surface area (Å²) in [7, 11) is 2.06. The van der Waals surface area contributed by atoms with Gasteiger partial charge in [0.15, 0.2) is 0 Å². The van der Waals surface area contributed by atoms with Gasteiger partial charge in [0.2, 0.25) is 0 Å². The summed E-state index contributed by atoms with van der Waals surface area (Å²) < 4.78 is 0. The van der Waals surface area contributed by atoms with Crippen LogP contribution in [-0.2, 0) is 0 Å². The number of thiophene rings is 1. The summed E-state index contributed by atoms with van der Waals surface area (Å²) >= 11 is 1.31. The van der Waals surface area contributed by atoms with E-state index in [1.54, 1.807) is 0 Å². The van der Waals surface area contributed by atoms with Gasteiger partial charge in [0.1, 0.15) is 9.71 Å². The summed E-state index contributed by atoms with van der Waals surface area (Å²) in [6, 6.07) is 0.195. The van der Waals surface area contributed by atoms with Crippen LogP contribution >= 0.6 is 11.3 Å². The van der Waals surface area contributed by atoms with Gasteiger partial charge in [0.25, 0.3) is 5.91 Å². The molecule has 2 aromatic rings. The molecule has 1 fully saturated rings. The molecule has 3 N–H and O–H groups in total. The lowest BCUT2D eigenvalue weighted by atomic mass is 10.1. The predicted octanol–water partition coefficient (Wildman–Crippen LogP) is 1.32. The van der Waals surface area contributed by atoms with Crippen LogP contribution in [0, 0.1) is 13.8 Å². The van der Waals surface area contributed by atoms with E-state index in [1.165, 1.54) is 11.3 Å². The molecule has 7 heteroatoms. The van der Waals surface area contributed by atoms with Gasteiger partial charge < -0.3 is 16.0 Å². The molecule has 1 amide bonds. The van der Waals surface area contributed by atoms with Crippen LogP contribution in [0.15, 0.2) is 0 Å². The van der Waals surface area contributed by atoms with Gasteiger partial charge in [0, 0.05) is 18.0 Å². The topological polar surface area (TPSA) is 84.1 Å². The molecule has 0 spiro atoms. The Labute approximate surface area is 127 Å². The zero-order chi connectivity index (χ0) is 15.1. The number of aryl methyl sites for hydroxylation is 2. The molecule has 6 nitrogen and oxygen atoms in total. The van der Waals surface area contributed by atoms with Crippen molar-refractivity contribution in [1.29, 1.82) is 0 Å². The maximum absolute atomic E-state index is 12.4. The van der Waals surface area contributed by atoms with E-state index in [0.717, 1.165) is 41.0 Å². The minimum Gasteiger partial charge on any atom is -0.397 e. The monoisotopic (exact) mass is 305 g/mol. The number of likely N-dealkylation sites (N-methyl/N-ethyl adjacent to an activating group) is 1. The van der Waals surface area contributed by atoms with Crippen molar-refractivity contribution in [2.24, 2.45) is 0 Å². The van der Waals surface area contributed by atoms with Gasteiger partial charge in [-0.2, -0.15) is 5.10 Å². The molecule has 0 aliphatic carbocycles. The first-order chi connectivity index (χ1) is 9.97. The second kappa shape index (κ2) is 5.23. The van der Waals surface area contributed by atoms with Crippen LogP contribution in [0.25, 0.3) is 10.2 Å². The highest BCUT2D eigenvalue weighted by Crippen LogP contribution is 2.34. The minimum absolute atomic E-state index is 0.104. The highest BCUT2D eigenvalue weighted by Gasteiger charge is 2.25. The number of anilines is 1. The molecule has 1 unspecified atom stereocenters. The van der Waals surface area contributed by atoms with Crippen LogP contribution in [0.3, 0.4) is 0 Å². The number of fused-ring (bicyclic) bond motifs is 1. The fourth-order valence-corrected chi connectivity index (χ4v) is 3.72. The standard InChI is InChI=1S/C14H19N5OS/c1-7-8(2)17-18-14-10(7)11(15)12(21-14)13(20)16-9-4-5-19(3)6-9/h9H,4-6,15H2,1-3H3,(H,16,20). The second-order valence-electron chi connectivity index (χ2n) is 5.66. The quantitative estimate of drug-likeness (QED) is 0.874. The number of hydrogen-bond donors (Lipinski definition) is 2. The molecule has 21 heavy (non-hydrogen) atoms. The average molecular weight is 305 g/mol. The molecule has 2 aromatic heterocycles. The Balaban J connectivity index is 1.92. The number of carbonyl (C=O) groups is 1. The number of amides is 1. The van der Waals surface area contributed by atoms with E-state index in [1.807, 2.05) is 13.8 Å². The van der Waals surface area contributed by atoms with E-state index < -0.39 is 0 Å². The normalized spacial score (nSPS) is 19.3. The average Bonchev–Trinajstić information content (AvgIpc) is 2.98. The molecule has 1 aliphatic rings. The van der Waals surface area contributed by atoms with Crippen molar-refractivity contribution in [3.63, 3.8) is 0 Å². The molecular formula is C14H19N5OS. The van der Waals surface area contributed by atoms with E-state index in [9.17, 15) is 4.79 Å². The maximum atomic E-state index is 12.4. The molecule has 0 saturated carbocycles. The lowest BCUT2D eigenvalue weighted by Crippen LogP contribution is -2.36. The van der Waals surface area contributed by atoms with Crippen LogP contribution in [-0.4, -0.2) is 47.2 Å². The third-order valence-corrected chi connectivity index (χ3v) is 5.16. The van der Waals surface area contributed by atoms with Gasteiger partial charge in [0.05, 0.1) is 11.4 Å². The number of nitrogens with one attached hydrogen (secondary N) is 1. The highest BCUT2D eigenvalue weighted by molar-refractivity contribution is 7.21. The molecule has 1 atom stereocenters. The molecule has 0 aromatic carbocycles. The van der Waals surface area contributed by atoms with E-state index in [2.05, 4.69) is 27.5 Å². The summed E-state index contributed by atoms with van der Waals surface area (Å²) in [6.07, 6.45) is 0.977. The van der Waals surface area contributed by atoms with Crippen LogP contribution in [0.5, 0.6) is 0 Å². The van der Waals surface area contributed by atoms with Gasteiger partial charge >= 0.3 is 0 Å². The second-order valence-corrected chi connectivity index (χ2v) is 6.66. The van der Waals surface area contributed by atoms with Gasteiger partial charge in [-0.1, -0.05) is 0 Å². The van der Waals surface area contributed by atoms with Crippen LogP contribution in [0.1, 0.15) is 27.3 Å². The third kappa shape index (κ3) is 2.47. The number of carbonyl (C=O) groups excluding carboxylic acids is 1. The van der Waals surface area contributed by atoms with Crippen molar-refractivity contribution in [2.45, 2.75) is 26.3 Å². The van der Waals surface area contributed by atoms with Crippen molar-refractivity contribution >= 4 is 33.1 Å². The van der Waals surface area contributed by atoms with Crippen molar-refractivity contribution < 1.29 is 4.79 Å². The largest absolute Gasteiger partial charge is 0.397 e. The third-order valence-electron chi connectivity index (χ3n) is 4.07. The Morgan fingerprint density at radius 2 is 2.19 bits per heavy atom. The molecule has 1 aliphatic heterocycles. The first kappa shape index (κ1) is 14.2. The van der Waals surface area contributed by atoms with Gasteiger partial charge in [-0.3, -0.25) is 4.79 Å². The summed E-state index contributed by atoms with van der Waals surface area (Å²) in [6.45, 7) is 5.75. The van der Waals surface area contributed by atoms with Gasteiger partial charge in [-0.05, 0) is 39.4 Å². The number of nitrogens with zero attached hydrogens (tertiary/aromatic N) is 3. The van der Waals surface area contributed by atoms with Crippen LogP contribution in [0.4, 0.5) is 5.69 Å². The first-order valence-corrected chi connectivity index (χ1v) is 7.80. The summed E-state index contributed by atoms with van der Waals surface area (Å²) in [5.41, 5.74) is 8.54. The Bertz CT molecular complexity index is 711. The number of nitrogen functional groups attached to an aromatic ring is 1. The summed E-state index contributed by atoms with van der Waals surface area (Å²) in [5, 5.41) is 12.2. The lowest BCUT2D eigenvalue weighted by molar-refractivity contribution is 0.0943. The van der Waals surface area contributed by atoms with Crippen molar-refractivity contribution in [2.75, 3.05) is 25.9 Å². The fraction of sp³-hybridized carbons (Fsp3) is 0.500. The molecule has 0 bridgehead atoms. The van der Waals surface area contributed by atoms with Crippen molar-refractivity contribution in [3.8, 4) is 0 Å². The molecular weight excluding hydrogens is 286 g/mol. The smallest absolute Gasteiger partial charge is 0.263 e. The van der Waals surface area contributed by atoms with Crippen molar-refractivity contribution in [3.05, 3.63) is 16.1 Å². The zero-order valence-electron chi connectivity index (χ0n) is 12.4. The van der Waals surface area contributed by atoms with Crippen LogP contribution in [0.2, 0.25) is 0 Å². The van der Waals surface area contributed by atoms with E-state index >= 15 is 0 Å². The highest BCUT2D eigenvalue weighted by atomic mass is 32.1. The summed E-state index contributed by atoms with van der Waals surface area (Å²) in [4.78, 5) is 15.9.